The SMILES string of the molecule is CCN(CC)C(=O)C(C)Nc1nc(C)ccc1C#N. The molecular formula is C14H20N4O. The second-order valence-corrected chi connectivity index (χ2v) is 4.34. The molecule has 0 aliphatic rings. The van der Waals surface area contributed by atoms with Crippen LogP contribution in [0.15, 0.2) is 12.1 Å². The molecule has 1 heterocycles. The van der Waals surface area contributed by atoms with E-state index in [0.717, 1.165) is 5.69 Å². The van der Waals surface area contributed by atoms with Gasteiger partial charge in [-0.1, -0.05) is 0 Å². The third-order valence-corrected chi connectivity index (χ3v) is 2.95. The van der Waals surface area contributed by atoms with Gasteiger partial charge >= 0.3 is 0 Å². The molecular weight excluding hydrogens is 240 g/mol. The van der Waals surface area contributed by atoms with Gasteiger partial charge in [0.2, 0.25) is 5.91 Å². The number of anilines is 1. The largest absolute Gasteiger partial charge is 0.358 e. The lowest BCUT2D eigenvalue weighted by atomic mass is 10.2. The normalized spacial score (nSPS) is 11.5. The molecule has 19 heavy (non-hydrogen) atoms. The van der Waals surface area contributed by atoms with Gasteiger partial charge < -0.3 is 10.2 Å². The van der Waals surface area contributed by atoms with E-state index in [4.69, 9.17) is 5.26 Å². The van der Waals surface area contributed by atoms with E-state index >= 15 is 0 Å². The lowest BCUT2D eigenvalue weighted by molar-refractivity contribution is -0.131. The van der Waals surface area contributed by atoms with Crippen molar-refractivity contribution in [1.82, 2.24) is 9.88 Å². The predicted molar refractivity (Wildman–Crippen MR) is 74.7 cm³/mol. The van der Waals surface area contributed by atoms with Crippen LogP contribution in [0.3, 0.4) is 0 Å². The minimum absolute atomic E-state index is 0.0113. The number of likely N-dealkylation sites (N-methyl/N-ethyl adjacent to an activating group) is 1. The van der Waals surface area contributed by atoms with E-state index in [2.05, 4.69) is 16.4 Å². The Morgan fingerprint density at radius 2 is 2.11 bits per heavy atom. The van der Waals surface area contributed by atoms with Gasteiger partial charge in [0, 0.05) is 18.8 Å². The van der Waals surface area contributed by atoms with Gasteiger partial charge in [0.05, 0.1) is 5.56 Å². The van der Waals surface area contributed by atoms with E-state index in [1.807, 2.05) is 20.8 Å². The molecule has 0 radical (unpaired) electrons. The van der Waals surface area contributed by atoms with Crippen LogP contribution in [0.2, 0.25) is 0 Å². The van der Waals surface area contributed by atoms with E-state index in [0.29, 0.717) is 24.5 Å². The number of carbonyl (C=O) groups is 1. The van der Waals surface area contributed by atoms with Crippen LogP contribution in [0.5, 0.6) is 0 Å². The van der Waals surface area contributed by atoms with Crippen LogP contribution < -0.4 is 5.32 Å². The zero-order valence-corrected chi connectivity index (χ0v) is 11.9. The Kier molecular flexibility index (Phi) is 5.31. The summed E-state index contributed by atoms with van der Waals surface area (Å²) in [6.07, 6.45) is 0. The van der Waals surface area contributed by atoms with Gasteiger partial charge in [-0.15, -0.1) is 0 Å². The fraction of sp³-hybridized carbons (Fsp3) is 0.500. The molecule has 1 unspecified atom stereocenters. The first kappa shape index (κ1) is 15.0. The molecule has 1 aromatic rings. The molecule has 5 nitrogen and oxygen atoms in total. The van der Waals surface area contributed by atoms with E-state index < -0.39 is 6.04 Å². The molecule has 0 aliphatic carbocycles. The van der Waals surface area contributed by atoms with Crippen molar-refractivity contribution in [2.45, 2.75) is 33.7 Å². The average molecular weight is 260 g/mol. The highest BCUT2D eigenvalue weighted by Crippen LogP contribution is 2.14. The summed E-state index contributed by atoms with van der Waals surface area (Å²) in [6.45, 7) is 8.87. The van der Waals surface area contributed by atoms with Gasteiger partial charge in [-0.05, 0) is 39.8 Å². The average Bonchev–Trinajstić information content (AvgIpc) is 2.40. The summed E-state index contributed by atoms with van der Waals surface area (Å²) in [6, 6.07) is 5.16. The fourth-order valence-corrected chi connectivity index (χ4v) is 1.83. The van der Waals surface area contributed by atoms with Gasteiger partial charge in [0.1, 0.15) is 17.9 Å². The van der Waals surface area contributed by atoms with Crippen LogP contribution in [-0.2, 0) is 4.79 Å². The standard InChI is InChI=1S/C14H20N4O/c1-5-18(6-2)14(19)11(4)17-13-12(9-15)8-7-10(3)16-13/h7-8,11H,5-6H2,1-4H3,(H,16,17). The summed E-state index contributed by atoms with van der Waals surface area (Å²) in [4.78, 5) is 18.2. The number of hydrogen-bond donors (Lipinski definition) is 1. The van der Waals surface area contributed by atoms with Crippen LogP contribution in [0.1, 0.15) is 32.0 Å². The van der Waals surface area contributed by atoms with Crippen molar-refractivity contribution in [2.75, 3.05) is 18.4 Å². The van der Waals surface area contributed by atoms with Crippen molar-refractivity contribution in [3.63, 3.8) is 0 Å². The molecule has 0 bridgehead atoms. The van der Waals surface area contributed by atoms with Crippen molar-refractivity contribution in [3.05, 3.63) is 23.4 Å². The first-order valence-corrected chi connectivity index (χ1v) is 6.46. The fourth-order valence-electron chi connectivity index (χ4n) is 1.83. The van der Waals surface area contributed by atoms with Crippen LogP contribution in [0.25, 0.3) is 0 Å². The molecule has 1 amide bonds. The summed E-state index contributed by atoms with van der Waals surface area (Å²) < 4.78 is 0. The van der Waals surface area contributed by atoms with E-state index in [-0.39, 0.29) is 5.91 Å². The molecule has 0 aromatic carbocycles. The Labute approximate surface area is 114 Å². The van der Waals surface area contributed by atoms with Crippen LogP contribution in [0.4, 0.5) is 5.82 Å². The monoisotopic (exact) mass is 260 g/mol. The number of nitrogens with one attached hydrogen (secondary N) is 1. The summed E-state index contributed by atoms with van der Waals surface area (Å²) in [5.74, 6) is 0.479. The summed E-state index contributed by atoms with van der Waals surface area (Å²) in [5, 5.41) is 12.1. The van der Waals surface area contributed by atoms with Crippen LogP contribution >= 0.6 is 0 Å². The van der Waals surface area contributed by atoms with Gasteiger partial charge in [0.15, 0.2) is 0 Å². The van der Waals surface area contributed by atoms with E-state index in [1.54, 1.807) is 24.0 Å². The van der Waals surface area contributed by atoms with Crippen molar-refractivity contribution in [3.8, 4) is 6.07 Å². The van der Waals surface area contributed by atoms with Crippen molar-refractivity contribution >= 4 is 11.7 Å². The highest BCUT2D eigenvalue weighted by Gasteiger charge is 2.19. The molecule has 1 atom stereocenters. The maximum Gasteiger partial charge on any atom is 0.244 e. The summed E-state index contributed by atoms with van der Waals surface area (Å²) >= 11 is 0. The number of amides is 1. The quantitative estimate of drug-likeness (QED) is 0.878. The van der Waals surface area contributed by atoms with Gasteiger partial charge in [-0.2, -0.15) is 5.26 Å². The highest BCUT2D eigenvalue weighted by molar-refractivity contribution is 5.84. The smallest absolute Gasteiger partial charge is 0.244 e. The van der Waals surface area contributed by atoms with Crippen LogP contribution in [0, 0.1) is 18.3 Å². The zero-order chi connectivity index (χ0) is 14.4. The molecule has 1 rings (SSSR count). The molecule has 1 N–H and O–H groups in total. The Morgan fingerprint density at radius 1 is 1.47 bits per heavy atom. The molecule has 0 spiro atoms. The predicted octanol–water partition coefficient (Wildman–Crippen LogP) is 1.93. The molecule has 5 heteroatoms. The Morgan fingerprint density at radius 3 is 2.63 bits per heavy atom. The Bertz CT molecular complexity index is 489. The lowest BCUT2D eigenvalue weighted by Gasteiger charge is -2.24. The van der Waals surface area contributed by atoms with Crippen molar-refractivity contribution in [1.29, 1.82) is 5.26 Å². The van der Waals surface area contributed by atoms with Gasteiger partial charge in [-0.3, -0.25) is 4.79 Å². The highest BCUT2D eigenvalue weighted by atomic mass is 16.2. The molecule has 0 fully saturated rings. The third kappa shape index (κ3) is 3.68. The molecule has 102 valence electrons. The first-order valence-electron chi connectivity index (χ1n) is 6.46. The van der Waals surface area contributed by atoms with Gasteiger partial charge in [0.25, 0.3) is 0 Å². The maximum absolute atomic E-state index is 12.1. The number of nitriles is 1. The number of carbonyl (C=O) groups excluding carboxylic acids is 1. The molecule has 0 aliphatic heterocycles. The first-order chi connectivity index (χ1) is 9.03. The van der Waals surface area contributed by atoms with Crippen molar-refractivity contribution in [2.24, 2.45) is 0 Å². The summed E-state index contributed by atoms with van der Waals surface area (Å²) in [5.41, 5.74) is 1.26. The lowest BCUT2D eigenvalue weighted by Crippen LogP contribution is -2.41. The number of hydrogen-bond acceptors (Lipinski definition) is 4. The number of aryl methyl sites for hydroxylation is 1. The zero-order valence-electron chi connectivity index (χ0n) is 11.9. The molecule has 0 saturated carbocycles. The Balaban J connectivity index is 2.88. The minimum Gasteiger partial charge on any atom is -0.358 e. The minimum atomic E-state index is -0.402. The second kappa shape index (κ2) is 6.74. The third-order valence-electron chi connectivity index (χ3n) is 2.95. The topological polar surface area (TPSA) is 69.0 Å². The number of pyridine rings is 1. The van der Waals surface area contributed by atoms with Crippen LogP contribution in [-0.4, -0.2) is 34.9 Å². The number of aromatic nitrogens is 1. The maximum atomic E-state index is 12.1. The molecule has 1 aromatic heterocycles. The van der Waals surface area contributed by atoms with Gasteiger partial charge in [-0.25, -0.2) is 4.98 Å². The number of nitrogens with zero attached hydrogens (tertiary/aromatic N) is 3. The van der Waals surface area contributed by atoms with E-state index in [1.165, 1.54) is 0 Å². The molecule has 0 saturated heterocycles. The van der Waals surface area contributed by atoms with Crippen molar-refractivity contribution < 1.29 is 4.79 Å². The second-order valence-electron chi connectivity index (χ2n) is 4.34. The Hall–Kier alpha value is -2.09. The number of rotatable bonds is 5. The summed E-state index contributed by atoms with van der Waals surface area (Å²) in [7, 11) is 0. The van der Waals surface area contributed by atoms with E-state index in [9.17, 15) is 4.79 Å².